The Kier molecular flexibility index (Phi) is 9.96. The van der Waals surface area contributed by atoms with Crippen molar-refractivity contribution in [1.29, 1.82) is 0 Å². The van der Waals surface area contributed by atoms with Gasteiger partial charge in [0.2, 0.25) is 0 Å². The molecular weight excluding hydrogens is 360 g/mol. The molecule has 0 aliphatic rings. The van der Waals surface area contributed by atoms with Gasteiger partial charge >= 0.3 is 0 Å². The van der Waals surface area contributed by atoms with Gasteiger partial charge in [0.1, 0.15) is 13.8 Å². The minimum atomic E-state index is -1.73. The third-order valence-electron chi connectivity index (χ3n) is 5.84. The van der Waals surface area contributed by atoms with Crippen molar-refractivity contribution in [2.24, 2.45) is 5.92 Å². The van der Waals surface area contributed by atoms with Crippen LogP contribution in [0.2, 0.25) is 16.6 Å². The van der Waals surface area contributed by atoms with Crippen molar-refractivity contribution in [3.8, 4) is 11.5 Å². The highest BCUT2D eigenvalue weighted by Gasteiger charge is 2.41. The van der Waals surface area contributed by atoms with Gasteiger partial charge in [0.05, 0.1) is 0 Å². The number of pyridine rings is 1. The third-order valence-corrected chi connectivity index (χ3v) is 12.2. The van der Waals surface area contributed by atoms with Gasteiger partial charge in [-0.05, 0) is 47.5 Å². The van der Waals surface area contributed by atoms with E-state index >= 15 is 0 Å². The third kappa shape index (κ3) is 6.78. The highest BCUT2D eigenvalue weighted by molar-refractivity contribution is 6.90. The van der Waals surface area contributed by atoms with E-state index in [1.54, 1.807) is 12.3 Å². The minimum absolute atomic E-state index is 0.0718. The van der Waals surface area contributed by atoms with Crippen LogP contribution in [-0.2, 0) is 0 Å². The SMILES string of the molecule is CC(C)CCC(CC#C[Si](C(C)C)(C(C)C)C(C)C)NC(=O)c1ccccn1. The predicted octanol–water partition coefficient (Wildman–Crippen LogP) is 6.23. The molecule has 28 heavy (non-hydrogen) atoms. The predicted molar refractivity (Wildman–Crippen MR) is 123 cm³/mol. The monoisotopic (exact) mass is 400 g/mol. The van der Waals surface area contributed by atoms with Crippen molar-refractivity contribution in [3.63, 3.8) is 0 Å². The maximum absolute atomic E-state index is 12.6. The fourth-order valence-electron chi connectivity index (χ4n) is 4.28. The first-order valence-electron chi connectivity index (χ1n) is 10.8. The molecule has 0 aromatic carbocycles. The van der Waals surface area contributed by atoms with Gasteiger partial charge in [-0.2, -0.15) is 0 Å². The van der Waals surface area contributed by atoms with Crippen LogP contribution in [0, 0.1) is 17.4 Å². The molecule has 0 radical (unpaired) electrons. The zero-order valence-electron chi connectivity index (χ0n) is 19.2. The zero-order valence-corrected chi connectivity index (χ0v) is 20.2. The lowest BCUT2D eigenvalue weighted by Crippen LogP contribution is -2.43. The Labute approximate surface area is 174 Å². The number of amides is 1. The molecule has 1 atom stereocenters. The van der Waals surface area contributed by atoms with Gasteiger partial charge in [-0.1, -0.05) is 61.5 Å². The van der Waals surface area contributed by atoms with E-state index in [0.29, 0.717) is 34.7 Å². The summed E-state index contributed by atoms with van der Waals surface area (Å²) in [5.74, 6) is 4.04. The summed E-state index contributed by atoms with van der Waals surface area (Å²) in [5, 5.41) is 3.17. The Bertz CT molecular complexity index is 634. The molecule has 1 N–H and O–H groups in total. The summed E-state index contributed by atoms with van der Waals surface area (Å²) in [4.78, 5) is 16.7. The van der Waals surface area contributed by atoms with Crippen LogP contribution in [0.4, 0.5) is 0 Å². The van der Waals surface area contributed by atoms with E-state index in [9.17, 15) is 4.79 Å². The van der Waals surface area contributed by atoms with Crippen LogP contribution in [0.1, 0.15) is 85.1 Å². The highest BCUT2D eigenvalue weighted by Crippen LogP contribution is 2.40. The summed E-state index contributed by atoms with van der Waals surface area (Å²) in [7, 11) is -1.73. The smallest absolute Gasteiger partial charge is 0.270 e. The van der Waals surface area contributed by atoms with E-state index < -0.39 is 8.07 Å². The number of rotatable bonds is 9. The van der Waals surface area contributed by atoms with E-state index in [0.717, 1.165) is 12.8 Å². The summed E-state index contributed by atoms with van der Waals surface area (Å²) in [5.41, 5.74) is 6.12. The Morgan fingerprint density at radius 2 is 1.61 bits per heavy atom. The molecule has 0 saturated carbocycles. The second kappa shape index (κ2) is 11.4. The minimum Gasteiger partial charge on any atom is -0.347 e. The first-order valence-corrected chi connectivity index (χ1v) is 13.1. The highest BCUT2D eigenvalue weighted by atomic mass is 28.3. The van der Waals surface area contributed by atoms with Crippen LogP contribution in [-0.4, -0.2) is 25.0 Å². The number of hydrogen-bond donors (Lipinski definition) is 1. The number of carbonyl (C=O) groups excluding carboxylic acids is 1. The molecule has 0 bridgehead atoms. The number of carbonyl (C=O) groups is 1. The molecule has 1 heterocycles. The molecule has 0 aliphatic heterocycles. The van der Waals surface area contributed by atoms with E-state index in [1.165, 1.54) is 0 Å². The van der Waals surface area contributed by atoms with Crippen LogP contribution in [0.5, 0.6) is 0 Å². The van der Waals surface area contributed by atoms with Gasteiger partial charge < -0.3 is 5.32 Å². The summed E-state index contributed by atoms with van der Waals surface area (Å²) < 4.78 is 0. The summed E-state index contributed by atoms with van der Waals surface area (Å²) in [6.07, 6.45) is 4.40. The Morgan fingerprint density at radius 3 is 2.07 bits per heavy atom. The van der Waals surface area contributed by atoms with E-state index in [1.807, 2.05) is 12.1 Å². The van der Waals surface area contributed by atoms with Gasteiger partial charge in [0.15, 0.2) is 0 Å². The largest absolute Gasteiger partial charge is 0.347 e. The average Bonchev–Trinajstić information content (AvgIpc) is 2.62. The molecule has 1 amide bonds. The molecule has 0 fully saturated rings. The fourth-order valence-corrected chi connectivity index (χ4v) is 9.55. The van der Waals surface area contributed by atoms with Crippen LogP contribution in [0.15, 0.2) is 24.4 Å². The molecular formula is C24H40N2OSi. The molecule has 156 valence electrons. The second-order valence-electron chi connectivity index (χ2n) is 9.26. The van der Waals surface area contributed by atoms with Gasteiger partial charge in [-0.3, -0.25) is 9.78 Å². The maximum Gasteiger partial charge on any atom is 0.270 e. The van der Waals surface area contributed by atoms with Gasteiger partial charge in [0.25, 0.3) is 5.91 Å². The maximum atomic E-state index is 12.6. The standard InChI is InChI=1S/C24H40N2OSi/c1-18(2)14-15-22(26-24(27)23-13-9-10-16-25-23)12-11-17-28(19(3)4,20(5)6)21(7)8/h9-10,13,16,18-22H,12,14-15H2,1-8H3,(H,26,27). The Balaban J connectivity index is 2.98. The van der Waals surface area contributed by atoms with E-state index in [4.69, 9.17) is 0 Å². The van der Waals surface area contributed by atoms with Gasteiger partial charge in [-0.25, -0.2) is 0 Å². The van der Waals surface area contributed by atoms with E-state index in [2.05, 4.69) is 77.2 Å². The van der Waals surface area contributed by atoms with Crippen LogP contribution >= 0.6 is 0 Å². The average molecular weight is 401 g/mol. The number of hydrogen-bond acceptors (Lipinski definition) is 2. The number of nitrogens with zero attached hydrogens (tertiary/aromatic N) is 1. The first kappa shape index (κ1) is 24.4. The van der Waals surface area contributed by atoms with Crippen molar-refractivity contribution < 1.29 is 4.79 Å². The molecule has 0 saturated heterocycles. The quantitative estimate of drug-likeness (QED) is 0.394. The Morgan fingerprint density at radius 1 is 1.00 bits per heavy atom. The lowest BCUT2D eigenvalue weighted by atomic mass is 10.0. The van der Waals surface area contributed by atoms with Gasteiger partial charge in [0, 0.05) is 18.7 Å². The number of nitrogens with one attached hydrogen (secondary N) is 1. The van der Waals surface area contributed by atoms with Crippen molar-refractivity contribution in [2.75, 3.05) is 0 Å². The van der Waals surface area contributed by atoms with Crippen LogP contribution in [0.25, 0.3) is 0 Å². The first-order chi connectivity index (χ1) is 13.1. The Hall–Kier alpha value is -1.60. The lowest BCUT2D eigenvalue weighted by Gasteiger charge is -2.38. The summed E-state index contributed by atoms with van der Waals surface area (Å²) in [6.45, 7) is 18.4. The second-order valence-corrected chi connectivity index (χ2v) is 14.8. The van der Waals surface area contributed by atoms with Crippen LogP contribution < -0.4 is 5.32 Å². The molecule has 3 nitrogen and oxygen atoms in total. The van der Waals surface area contributed by atoms with E-state index in [-0.39, 0.29) is 11.9 Å². The molecule has 0 aliphatic carbocycles. The van der Waals surface area contributed by atoms with Crippen molar-refractivity contribution in [2.45, 2.75) is 97.3 Å². The fraction of sp³-hybridized carbons (Fsp3) is 0.667. The van der Waals surface area contributed by atoms with Gasteiger partial charge in [-0.15, -0.1) is 11.5 Å². The summed E-state index contributed by atoms with van der Waals surface area (Å²) >= 11 is 0. The molecule has 1 aromatic rings. The van der Waals surface area contributed by atoms with Crippen molar-refractivity contribution >= 4 is 14.0 Å². The molecule has 1 aromatic heterocycles. The topological polar surface area (TPSA) is 42.0 Å². The molecule has 1 unspecified atom stereocenters. The molecule has 0 spiro atoms. The van der Waals surface area contributed by atoms with Crippen molar-refractivity contribution in [3.05, 3.63) is 30.1 Å². The zero-order chi connectivity index (χ0) is 21.3. The molecule has 1 rings (SSSR count). The molecule has 4 heteroatoms. The lowest BCUT2D eigenvalue weighted by molar-refractivity contribution is 0.0929. The summed E-state index contributed by atoms with van der Waals surface area (Å²) in [6, 6.07) is 5.50. The van der Waals surface area contributed by atoms with Crippen molar-refractivity contribution in [1.82, 2.24) is 10.3 Å². The normalized spacial score (nSPS) is 13.0. The van der Waals surface area contributed by atoms with Crippen LogP contribution in [0.3, 0.4) is 0 Å². The number of aromatic nitrogens is 1.